The van der Waals surface area contributed by atoms with Crippen molar-refractivity contribution in [3.8, 4) is 0 Å². The molecule has 1 unspecified atom stereocenters. The van der Waals surface area contributed by atoms with Gasteiger partial charge >= 0.3 is 0 Å². The molecule has 0 N–H and O–H groups in total. The number of halogens is 2. The van der Waals surface area contributed by atoms with E-state index in [4.69, 9.17) is 11.6 Å². The molecule has 15 heavy (non-hydrogen) atoms. The molecule has 1 aromatic carbocycles. The Morgan fingerprint density at radius 3 is 2.73 bits per heavy atom. The predicted molar refractivity (Wildman–Crippen MR) is 70.5 cm³/mol. The first-order valence-electron chi connectivity index (χ1n) is 4.51. The zero-order valence-electron chi connectivity index (χ0n) is 8.59. The van der Waals surface area contributed by atoms with Crippen molar-refractivity contribution in [2.75, 3.05) is 6.26 Å². The summed E-state index contributed by atoms with van der Waals surface area (Å²) in [5, 5.41) is 0.330. The van der Waals surface area contributed by atoms with Gasteiger partial charge in [-0.1, -0.05) is 22.0 Å². The third kappa shape index (κ3) is 3.23. The van der Waals surface area contributed by atoms with Crippen molar-refractivity contribution in [3.05, 3.63) is 29.3 Å². The first-order valence-corrected chi connectivity index (χ1v) is 7.29. The molecule has 0 fully saturated rings. The summed E-state index contributed by atoms with van der Waals surface area (Å²) in [5.41, 5.74) is 1.88. The summed E-state index contributed by atoms with van der Waals surface area (Å²) in [6.07, 6.45) is 1.96. The highest BCUT2D eigenvalue weighted by Crippen LogP contribution is 2.25. The molecule has 1 atom stereocenters. The molecule has 1 rings (SSSR count). The van der Waals surface area contributed by atoms with Crippen LogP contribution in [-0.2, 0) is 5.33 Å². The van der Waals surface area contributed by atoms with Crippen molar-refractivity contribution in [2.45, 2.75) is 22.5 Å². The molecular weight excluding hydrogens is 296 g/mol. The van der Waals surface area contributed by atoms with Crippen LogP contribution < -0.4 is 0 Å². The van der Waals surface area contributed by atoms with Crippen molar-refractivity contribution >= 4 is 45.1 Å². The molecule has 0 aromatic heterocycles. The highest BCUT2D eigenvalue weighted by Gasteiger charge is 2.16. The number of carbonyl (C=O) groups excluding carboxylic acids is 1. The molecule has 0 aliphatic carbocycles. The van der Waals surface area contributed by atoms with Crippen LogP contribution >= 0.6 is 39.3 Å². The van der Waals surface area contributed by atoms with Gasteiger partial charge in [-0.15, -0.1) is 23.4 Å². The number of hydrogen-bond donors (Lipinski definition) is 0. The van der Waals surface area contributed by atoms with Gasteiger partial charge in [0.1, 0.15) is 0 Å². The molecular formula is C11H12BrClOS. The van der Waals surface area contributed by atoms with E-state index >= 15 is 0 Å². The van der Waals surface area contributed by atoms with Gasteiger partial charge in [-0.25, -0.2) is 0 Å². The Kier molecular flexibility index (Phi) is 5.16. The Morgan fingerprint density at radius 2 is 2.27 bits per heavy atom. The second-order valence-corrected chi connectivity index (χ2v) is 5.21. The molecule has 0 aliphatic heterocycles. The molecule has 82 valence electrons. The van der Waals surface area contributed by atoms with Gasteiger partial charge in [0, 0.05) is 15.8 Å². The first-order chi connectivity index (χ1) is 7.10. The molecule has 1 aromatic rings. The van der Waals surface area contributed by atoms with Gasteiger partial charge in [0.25, 0.3) is 0 Å². The maximum atomic E-state index is 11.8. The fourth-order valence-corrected chi connectivity index (χ4v) is 2.36. The van der Waals surface area contributed by atoms with E-state index in [-0.39, 0.29) is 5.78 Å². The highest BCUT2D eigenvalue weighted by molar-refractivity contribution is 9.08. The van der Waals surface area contributed by atoms with E-state index in [0.29, 0.717) is 0 Å². The van der Waals surface area contributed by atoms with Crippen molar-refractivity contribution in [1.29, 1.82) is 0 Å². The molecule has 0 saturated carbocycles. The van der Waals surface area contributed by atoms with Crippen molar-refractivity contribution in [1.82, 2.24) is 0 Å². The Bertz CT molecular complexity index is 366. The predicted octanol–water partition coefficient (Wildman–Crippen LogP) is 4.11. The van der Waals surface area contributed by atoms with E-state index in [2.05, 4.69) is 15.9 Å². The summed E-state index contributed by atoms with van der Waals surface area (Å²) in [4.78, 5) is 12.8. The number of rotatable bonds is 4. The maximum absolute atomic E-state index is 11.8. The third-order valence-corrected chi connectivity index (χ3v) is 3.67. The molecule has 1 nitrogen and oxygen atoms in total. The van der Waals surface area contributed by atoms with Crippen LogP contribution in [0.2, 0.25) is 0 Å². The number of Topliss-reactive ketones (excluding diaryl/α,β-unsaturated/α-hetero) is 1. The second kappa shape index (κ2) is 5.92. The lowest BCUT2D eigenvalue weighted by Crippen LogP contribution is -2.11. The van der Waals surface area contributed by atoms with E-state index < -0.39 is 5.38 Å². The molecule has 0 aliphatic rings. The van der Waals surface area contributed by atoms with Crippen LogP contribution in [-0.4, -0.2) is 17.4 Å². The standard InChI is InChI=1S/C11H12BrClOS/c1-7(13)11(14)9-4-3-8(6-12)5-10(9)15-2/h3-5,7H,6H2,1-2H3. The molecule has 0 heterocycles. The van der Waals surface area contributed by atoms with Gasteiger partial charge in [0.05, 0.1) is 5.38 Å². The number of hydrogen-bond acceptors (Lipinski definition) is 2. The van der Waals surface area contributed by atoms with Crippen molar-refractivity contribution in [2.24, 2.45) is 0 Å². The average Bonchev–Trinajstić information content (AvgIpc) is 2.27. The molecule has 0 bridgehead atoms. The largest absolute Gasteiger partial charge is 0.292 e. The van der Waals surface area contributed by atoms with Crippen LogP contribution in [0.25, 0.3) is 0 Å². The zero-order valence-corrected chi connectivity index (χ0v) is 11.7. The minimum atomic E-state index is -0.467. The minimum absolute atomic E-state index is 0.0119. The van der Waals surface area contributed by atoms with Crippen molar-refractivity contribution < 1.29 is 4.79 Å². The first kappa shape index (κ1) is 13.1. The van der Waals surface area contributed by atoms with Gasteiger partial charge in [-0.2, -0.15) is 0 Å². The van der Waals surface area contributed by atoms with E-state index in [0.717, 1.165) is 21.4 Å². The second-order valence-electron chi connectivity index (χ2n) is 3.15. The fourth-order valence-electron chi connectivity index (χ4n) is 1.24. The number of alkyl halides is 2. The Morgan fingerprint density at radius 1 is 1.60 bits per heavy atom. The Balaban J connectivity index is 3.13. The average molecular weight is 308 g/mol. The summed E-state index contributed by atoms with van der Waals surface area (Å²) >= 11 is 10.8. The molecule has 0 radical (unpaired) electrons. The molecule has 0 amide bonds. The number of thioether (sulfide) groups is 1. The smallest absolute Gasteiger partial charge is 0.181 e. The SMILES string of the molecule is CSc1cc(CBr)ccc1C(=O)C(C)Cl. The molecule has 4 heteroatoms. The van der Waals surface area contributed by atoms with E-state index in [1.54, 1.807) is 18.7 Å². The highest BCUT2D eigenvalue weighted by atomic mass is 79.9. The van der Waals surface area contributed by atoms with Crippen LogP contribution in [0.5, 0.6) is 0 Å². The lowest BCUT2D eigenvalue weighted by molar-refractivity contribution is 0.0989. The number of carbonyl (C=O) groups is 1. The maximum Gasteiger partial charge on any atom is 0.181 e. The van der Waals surface area contributed by atoms with Gasteiger partial charge in [-0.3, -0.25) is 4.79 Å². The van der Waals surface area contributed by atoms with Gasteiger partial charge < -0.3 is 0 Å². The van der Waals surface area contributed by atoms with E-state index in [9.17, 15) is 4.79 Å². The monoisotopic (exact) mass is 306 g/mol. The van der Waals surface area contributed by atoms with Gasteiger partial charge in [0.2, 0.25) is 0 Å². The summed E-state index contributed by atoms with van der Waals surface area (Å²) in [6.45, 7) is 1.70. The number of ketones is 1. The quantitative estimate of drug-likeness (QED) is 0.473. The minimum Gasteiger partial charge on any atom is -0.292 e. The lowest BCUT2D eigenvalue weighted by Gasteiger charge is -2.09. The van der Waals surface area contributed by atoms with Gasteiger partial charge in [0.15, 0.2) is 5.78 Å². The summed E-state index contributed by atoms with van der Waals surface area (Å²) in [6, 6.07) is 5.82. The van der Waals surface area contributed by atoms with Crippen LogP contribution in [0.15, 0.2) is 23.1 Å². The lowest BCUT2D eigenvalue weighted by atomic mass is 10.1. The third-order valence-electron chi connectivity index (χ3n) is 2.05. The Hall–Kier alpha value is 0.01000. The van der Waals surface area contributed by atoms with Crippen LogP contribution in [0.1, 0.15) is 22.8 Å². The zero-order chi connectivity index (χ0) is 11.4. The fraction of sp³-hybridized carbons (Fsp3) is 0.364. The summed E-state index contributed by atoms with van der Waals surface area (Å²) in [7, 11) is 0. The van der Waals surface area contributed by atoms with E-state index in [1.807, 2.05) is 24.5 Å². The van der Waals surface area contributed by atoms with Crippen molar-refractivity contribution in [3.63, 3.8) is 0 Å². The molecule has 0 saturated heterocycles. The van der Waals surface area contributed by atoms with Crippen LogP contribution in [0, 0.1) is 0 Å². The topological polar surface area (TPSA) is 17.1 Å². The van der Waals surface area contributed by atoms with Crippen LogP contribution in [0.3, 0.4) is 0 Å². The number of benzene rings is 1. The summed E-state index contributed by atoms with van der Waals surface area (Å²) in [5.74, 6) is -0.0119. The van der Waals surface area contributed by atoms with Crippen LogP contribution in [0.4, 0.5) is 0 Å². The summed E-state index contributed by atoms with van der Waals surface area (Å²) < 4.78 is 0. The van der Waals surface area contributed by atoms with E-state index in [1.165, 1.54) is 0 Å². The normalized spacial score (nSPS) is 12.5. The Labute approximate surface area is 108 Å². The molecule has 0 spiro atoms. The van der Waals surface area contributed by atoms with Gasteiger partial charge in [-0.05, 0) is 30.9 Å².